The zero-order valence-corrected chi connectivity index (χ0v) is 11.9. The molecule has 3 heteroatoms. The van der Waals surface area contributed by atoms with Gasteiger partial charge in [0.05, 0.1) is 22.9 Å². The van der Waals surface area contributed by atoms with Crippen LogP contribution in [0.4, 0.5) is 5.69 Å². The van der Waals surface area contributed by atoms with E-state index in [1.54, 1.807) is 0 Å². The molecule has 1 atom stereocenters. The molecule has 100 valence electrons. The van der Waals surface area contributed by atoms with Crippen molar-refractivity contribution < 1.29 is 5.11 Å². The molecule has 1 aliphatic rings. The lowest BCUT2D eigenvalue weighted by Crippen LogP contribution is -2.48. The summed E-state index contributed by atoms with van der Waals surface area (Å²) in [5.41, 5.74) is 0.966. The van der Waals surface area contributed by atoms with E-state index in [2.05, 4.69) is 19.2 Å². The van der Waals surface area contributed by atoms with Gasteiger partial charge in [0.15, 0.2) is 0 Å². The average Bonchev–Trinajstić information content (AvgIpc) is 2.31. The second-order valence-electron chi connectivity index (χ2n) is 6.24. The molecule has 1 saturated carbocycles. The number of anilines is 1. The lowest BCUT2D eigenvalue weighted by molar-refractivity contribution is 0.105. The van der Waals surface area contributed by atoms with E-state index >= 15 is 0 Å². The number of aliphatic hydroxyl groups is 1. The molecule has 1 aliphatic carbocycles. The SMILES string of the molecule is CC1(C)CCCC(CO)(Nc2ccccc2Cl)C1. The molecule has 2 nitrogen and oxygen atoms in total. The summed E-state index contributed by atoms with van der Waals surface area (Å²) in [7, 11) is 0. The van der Waals surface area contributed by atoms with Crippen molar-refractivity contribution in [2.24, 2.45) is 5.41 Å². The summed E-state index contributed by atoms with van der Waals surface area (Å²) in [6.45, 7) is 4.69. The summed E-state index contributed by atoms with van der Waals surface area (Å²) in [4.78, 5) is 0. The standard InChI is InChI=1S/C15H22ClNO/c1-14(2)8-5-9-15(10-14,11-18)17-13-7-4-3-6-12(13)16/h3-4,6-7,17-18H,5,8-11H2,1-2H3. The summed E-state index contributed by atoms with van der Waals surface area (Å²) in [5, 5.41) is 14.0. The van der Waals surface area contributed by atoms with Gasteiger partial charge in [-0.3, -0.25) is 0 Å². The molecule has 1 fully saturated rings. The Labute approximate surface area is 114 Å². The number of aliphatic hydroxyl groups excluding tert-OH is 1. The van der Waals surface area contributed by atoms with E-state index in [-0.39, 0.29) is 17.6 Å². The van der Waals surface area contributed by atoms with Crippen molar-refractivity contribution in [2.75, 3.05) is 11.9 Å². The zero-order chi connectivity index (χ0) is 13.2. The van der Waals surface area contributed by atoms with E-state index in [9.17, 15) is 5.11 Å². The molecule has 2 N–H and O–H groups in total. The minimum Gasteiger partial charge on any atom is -0.394 e. The smallest absolute Gasteiger partial charge is 0.0661 e. The first-order valence-electron chi connectivity index (χ1n) is 6.60. The minimum atomic E-state index is -0.229. The van der Waals surface area contributed by atoms with Gasteiger partial charge in [0.25, 0.3) is 0 Å². The van der Waals surface area contributed by atoms with Crippen LogP contribution in [0.1, 0.15) is 39.5 Å². The molecular formula is C15H22ClNO. The summed E-state index contributed by atoms with van der Waals surface area (Å²) in [6.07, 6.45) is 4.34. The molecule has 18 heavy (non-hydrogen) atoms. The Balaban J connectivity index is 2.21. The Bertz CT molecular complexity index is 419. The third-order valence-electron chi connectivity index (χ3n) is 3.90. The summed E-state index contributed by atoms with van der Waals surface area (Å²) in [5.74, 6) is 0. The van der Waals surface area contributed by atoms with Gasteiger partial charge in [-0.25, -0.2) is 0 Å². The maximum Gasteiger partial charge on any atom is 0.0661 e. The monoisotopic (exact) mass is 267 g/mol. The van der Waals surface area contributed by atoms with Gasteiger partial charge in [-0.05, 0) is 36.8 Å². The summed E-state index contributed by atoms with van der Waals surface area (Å²) >= 11 is 6.19. The van der Waals surface area contributed by atoms with Crippen LogP contribution in [-0.2, 0) is 0 Å². The number of benzene rings is 1. The molecule has 0 aromatic heterocycles. The fraction of sp³-hybridized carbons (Fsp3) is 0.600. The molecule has 0 spiro atoms. The molecule has 0 heterocycles. The van der Waals surface area contributed by atoms with Gasteiger partial charge < -0.3 is 10.4 Å². The highest BCUT2D eigenvalue weighted by Crippen LogP contribution is 2.43. The van der Waals surface area contributed by atoms with Gasteiger partial charge in [0.2, 0.25) is 0 Å². The first-order chi connectivity index (χ1) is 8.46. The average molecular weight is 268 g/mol. The fourth-order valence-corrected chi connectivity index (χ4v) is 3.31. The van der Waals surface area contributed by atoms with Crippen molar-refractivity contribution in [3.05, 3.63) is 29.3 Å². The fourth-order valence-electron chi connectivity index (χ4n) is 3.13. The lowest BCUT2D eigenvalue weighted by Gasteiger charge is -2.45. The van der Waals surface area contributed by atoms with E-state index in [4.69, 9.17) is 11.6 Å². The van der Waals surface area contributed by atoms with Crippen molar-refractivity contribution in [3.8, 4) is 0 Å². The van der Waals surface area contributed by atoms with E-state index in [1.165, 1.54) is 6.42 Å². The van der Waals surface area contributed by atoms with E-state index < -0.39 is 0 Å². The Morgan fingerprint density at radius 2 is 2.00 bits per heavy atom. The van der Waals surface area contributed by atoms with Crippen molar-refractivity contribution in [3.63, 3.8) is 0 Å². The van der Waals surface area contributed by atoms with Crippen LogP contribution in [0.5, 0.6) is 0 Å². The Hall–Kier alpha value is -0.730. The van der Waals surface area contributed by atoms with E-state index in [0.29, 0.717) is 5.02 Å². The predicted molar refractivity (Wildman–Crippen MR) is 77.1 cm³/mol. The first kappa shape index (κ1) is 13.7. The van der Waals surface area contributed by atoms with Gasteiger partial charge in [0, 0.05) is 0 Å². The maximum absolute atomic E-state index is 9.82. The van der Waals surface area contributed by atoms with Gasteiger partial charge in [-0.15, -0.1) is 0 Å². The molecular weight excluding hydrogens is 246 g/mol. The lowest BCUT2D eigenvalue weighted by atomic mass is 9.68. The molecule has 2 rings (SSSR count). The van der Waals surface area contributed by atoms with Crippen LogP contribution < -0.4 is 5.32 Å². The van der Waals surface area contributed by atoms with Crippen molar-refractivity contribution in [1.82, 2.24) is 0 Å². The first-order valence-corrected chi connectivity index (χ1v) is 6.98. The summed E-state index contributed by atoms with van der Waals surface area (Å²) < 4.78 is 0. The molecule has 0 aliphatic heterocycles. The van der Waals surface area contributed by atoms with Crippen LogP contribution >= 0.6 is 11.6 Å². The highest BCUT2D eigenvalue weighted by atomic mass is 35.5. The van der Waals surface area contributed by atoms with Crippen LogP contribution in [0, 0.1) is 5.41 Å². The predicted octanol–water partition coefficient (Wildman–Crippen LogP) is 4.08. The molecule has 1 unspecified atom stereocenters. The molecule has 0 radical (unpaired) electrons. The third kappa shape index (κ3) is 2.99. The summed E-state index contributed by atoms with van der Waals surface area (Å²) in [6, 6.07) is 7.74. The number of hydrogen-bond acceptors (Lipinski definition) is 2. The number of hydrogen-bond donors (Lipinski definition) is 2. The molecule has 1 aromatic carbocycles. The number of rotatable bonds is 3. The minimum absolute atomic E-state index is 0.154. The van der Waals surface area contributed by atoms with E-state index in [0.717, 1.165) is 24.9 Å². The van der Waals surface area contributed by atoms with Crippen LogP contribution in [0.15, 0.2) is 24.3 Å². The van der Waals surface area contributed by atoms with Gasteiger partial charge in [0.1, 0.15) is 0 Å². The molecule has 1 aromatic rings. The highest BCUT2D eigenvalue weighted by molar-refractivity contribution is 6.33. The maximum atomic E-state index is 9.82. The number of halogens is 1. The van der Waals surface area contributed by atoms with Crippen molar-refractivity contribution in [2.45, 2.75) is 45.1 Å². The Kier molecular flexibility index (Phi) is 3.88. The van der Waals surface area contributed by atoms with Crippen LogP contribution in [-0.4, -0.2) is 17.3 Å². The molecule has 0 amide bonds. The Morgan fingerprint density at radius 1 is 1.28 bits per heavy atom. The van der Waals surface area contributed by atoms with Gasteiger partial charge >= 0.3 is 0 Å². The van der Waals surface area contributed by atoms with Crippen LogP contribution in [0.3, 0.4) is 0 Å². The normalized spacial score (nSPS) is 26.9. The highest BCUT2D eigenvalue weighted by Gasteiger charge is 2.39. The van der Waals surface area contributed by atoms with Gasteiger partial charge in [-0.2, -0.15) is 0 Å². The second-order valence-corrected chi connectivity index (χ2v) is 6.65. The van der Waals surface area contributed by atoms with Gasteiger partial charge in [-0.1, -0.05) is 44.0 Å². The van der Waals surface area contributed by atoms with E-state index in [1.807, 2.05) is 24.3 Å². The van der Waals surface area contributed by atoms with Crippen molar-refractivity contribution >= 4 is 17.3 Å². The van der Waals surface area contributed by atoms with Crippen LogP contribution in [0.25, 0.3) is 0 Å². The molecule has 0 bridgehead atoms. The number of nitrogens with one attached hydrogen (secondary N) is 1. The van der Waals surface area contributed by atoms with Crippen LogP contribution in [0.2, 0.25) is 5.02 Å². The second kappa shape index (κ2) is 5.10. The molecule has 0 saturated heterocycles. The number of para-hydroxylation sites is 1. The topological polar surface area (TPSA) is 32.3 Å². The quantitative estimate of drug-likeness (QED) is 0.865. The third-order valence-corrected chi connectivity index (χ3v) is 4.23. The zero-order valence-electron chi connectivity index (χ0n) is 11.2. The van der Waals surface area contributed by atoms with Crippen molar-refractivity contribution in [1.29, 1.82) is 0 Å². The largest absolute Gasteiger partial charge is 0.394 e. The Morgan fingerprint density at radius 3 is 2.61 bits per heavy atom.